The fraction of sp³-hybridized carbons (Fsp3) is 0.923. The number of nitrogens with zero attached hydrogens (tertiary/aromatic N) is 2. The number of hydrogen-bond acceptors (Lipinski definition) is 3. The molecule has 1 N–H and O–H groups in total. The Morgan fingerprint density at radius 2 is 1.88 bits per heavy atom. The minimum absolute atomic E-state index is 0.180. The van der Waals surface area contributed by atoms with Crippen molar-refractivity contribution in [3.8, 4) is 0 Å². The molecule has 0 aliphatic carbocycles. The molecule has 1 amide bonds. The first-order chi connectivity index (χ1) is 7.88. The van der Waals surface area contributed by atoms with E-state index in [9.17, 15) is 4.79 Å². The van der Waals surface area contributed by atoms with Crippen molar-refractivity contribution < 1.29 is 4.79 Å². The first-order valence-corrected chi connectivity index (χ1v) is 6.55. The molecule has 4 heteroatoms. The van der Waals surface area contributed by atoms with Crippen molar-refractivity contribution >= 4 is 5.91 Å². The molecule has 1 heterocycles. The average molecular weight is 241 g/mol. The first-order valence-electron chi connectivity index (χ1n) is 6.55. The Labute approximate surface area is 105 Å². The highest BCUT2D eigenvalue weighted by Gasteiger charge is 2.18. The molecule has 0 atom stereocenters. The molecule has 0 aromatic rings. The van der Waals surface area contributed by atoms with Crippen molar-refractivity contribution in [3.63, 3.8) is 0 Å². The van der Waals surface area contributed by atoms with Gasteiger partial charge >= 0.3 is 0 Å². The van der Waals surface area contributed by atoms with E-state index in [1.807, 2.05) is 11.9 Å². The third-order valence-corrected chi connectivity index (χ3v) is 2.99. The molecule has 100 valence electrons. The van der Waals surface area contributed by atoms with E-state index in [-0.39, 0.29) is 11.3 Å². The molecule has 4 nitrogen and oxygen atoms in total. The van der Waals surface area contributed by atoms with E-state index in [1.54, 1.807) is 0 Å². The zero-order chi connectivity index (χ0) is 12.9. The van der Waals surface area contributed by atoms with Crippen LogP contribution < -0.4 is 5.32 Å². The van der Waals surface area contributed by atoms with Crippen molar-refractivity contribution in [2.24, 2.45) is 5.41 Å². The summed E-state index contributed by atoms with van der Waals surface area (Å²) in [5, 5.41) is 3.32. The number of piperazine rings is 1. The standard InChI is InChI=1S/C13H27N3O/c1-13(2,3)11-15(4)12(17)5-8-16-9-6-14-7-10-16/h14H,5-11H2,1-4H3. The summed E-state index contributed by atoms with van der Waals surface area (Å²) in [4.78, 5) is 16.2. The van der Waals surface area contributed by atoms with Crippen LogP contribution in [0.15, 0.2) is 0 Å². The van der Waals surface area contributed by atoms with E-state index in [4.69, 9.17) is 0 Å². The van der Waals surface area contributed by atoms with Crippen LogP contribution >= 0.6 is 0 Å². The smallest absolute Gasteiger partial charge is 0.223 e. The lowest BCUT2D eigenvalue weighted by Crippen LogP contribution is -2.45. The summed E-state index contributed by atoms with van der Waals surface area (Å²) in [5.41, 5.74) is 0.180. The van der Waals surface area contributed by atoms with Crippen LogP contribution in [-0.4, -0.2) is 62.0 Å². The second-order valence-corrected chi connectivity index (χ2v) is 6.15. The maximum absolute atomic E-state index is 11.9. The van der Waals surface area contributed by atoms with E-state index >= 15 is 0 Å². The zero-order valence-electron chi connectivity index (χ0n) is 11.8. The van der Waals surface area contributed by atoms with Crippen LogP contribution in [0.4, 0.5) is 0 Å². The molecule has 17 heavy (non-hydrogen) atoms. The average Bonchev–Trinajstić information content (AvgIpc) is 2.25. The summed E-state index contributed by atoms with van der Waals surface area (Å²) in [5.74, 6) is 0.262. The predicted molar refractivity (Wildman–Crippen MR) is 71.0 cm³/mol. The number of carbonyl (C=O) groups excluding carboxylic acids is 1. The fourth-order valence-corrected chi connectivity index (χ4v) is 2.18. The summed E-state index contributed by atoms with van der Waals surface area (Å²) < 4.78 is 0. The highest BCUT2D eigenvalue weighted by atomic mass is 16.2. The summed E-state index contributed by atoms with van der Waals surface area (Å²) in [6, 6.07) is 0. The SMILES string of the molecule is CN(CC(C)(C)C)C(=O)CCN1CCNCC1. The molecule has 1 aliphatic rings. The Morgan fingerprint density at radius 3 is 2.41 bits per heavy atom. The molecule has 1 fully saturated rings. The monoisotopic (exact) mass is 241 g/mol. The van der Waals surface area contributed by atoms with Crippen LogP contribution in [0.1, 0.15) is 27.2 Å². The van der Waals surface area contributed by atoms with Crippen LogP contribution in [0, 0.1) is 5.41 Å². The van der Waals surface area contributed by atoms with Crippen LogP contribution in [0.25, 0.3) is 0 Å². The molecule has 0 saturated carbocycles. The van der Waals surface area contributed by atoms with Gasteiger partial charge in [-0.2, -0.15) is 0 Å². The van der Waals surface area contributed by atoms with E-state index < -0.39 is 0 Å². The molecule has 0 aromatic carbocycles. The van der Waals surface area contributed by atoms with E-state index in [0.717, 1.165) is 39.3 Å². The maximum Gasteiger partial charge on any atom is 0.223 e. The van der Waals surface area contributed by atoms with Gasteiger partial charge in [0.05, 0.1) is 0 Å². The Hall–Kier alpha value is -0.610. The van der Waals surface area contributed by atoms with Crippen LogP contribution in [-0.2, 0) is 4.79 Å². The van der Waals surface area contributed by atoms with Crippen LogP contribution in [0.5, 0.6) is 0 Å². The highest BCUT2D eigenvalue weighted by Crippen LogP contribution is 2.14. The molecule has 0 bridgehead atoms. The third kappa shape index (κ3) is 6.03. The fourth-order valence-electron chi connectivity index (χ4n) is 2.18. The molecule has 0 unspecified atom stereocenters. The first kappa shape index (κ1) is 14.5. The van der Waals surface area contributed by atoms with Crippen molar-refractivity contribution in [1.29, 1.82) is 0 Å². The number of rotatable bonds is 4. The van der Waals surface area contributed by atoms with Gasteiger partial charge in [0.25, 0.3) is 0 Å². The van der Waals surface area contributed by atoms with E-state index in [1.165, 1.54) is 0 Å². The van der Waals surface area contributed by atoms with Crippen molar-refractivity contribution in [2.45, 2.75) is 27.2 Å². The van der Waals surface area contributed by atoms with Crippen LogP contribution in [0.2, 0.25) is 0 Å². The summed E-state index contributed by atoms with van der Waals surface area (Å²) in [6.45, 7) is 12.4. The van der Waals surface area contributed by atoms with Gasteiger partial charge in [0.15, 0.2) is 0 Å². The number of nitrogens with one attached hydrogen (secondary N) is 1. The quantitative estimate of drug-likeness (QED) is 0.790. The van der Waals surface area contributed by atoms with Gasteiger partial charge in [0, 0.05) is 52.7 Å². The normalized spacial score (nSPS) is 18.1. The van der Waals surface area contributed by atoms with Gasteiger partial charge in [-0.3, -0.25) is 4.79 Å². The Bertz CT molecular complexity index is 242. The second-order valence-electron chi connectivity index (χ2n) is 6.15. The number of carbonyl (C=O) groups is 1. The van der Waals surface area contributed by atoms with E-state index in [2.05, 4.69) is 31.0 Å². The minimum Gasteiger partial charge on any atom is -0.345 e. The van der Waals surface area contributed by atoms with Gasteiger partial charge in [0.2, 0.25) is 5.91 Å². The molecule has 1 rings (SSSR count). The predicted octanol–water partition coefficient (Wildman–Crippen LogP) is 0.786. The lowest BCUT2D eigenvalue weighted by atomic mass is 9.96. The molecular formula is C13H27N3O. The van der Waals surface area contributed by atoms with E-state index in [0.29, 0.717) is 6.42 Å². The molecule has 1 aliphatic heterocycles. The summed E-state index contributed by atoms with van der Waals surface area (Å²) in [7, 11) is 1.91. The van der Waals surface area contributed by atoms with Gasteiger partial charge in [0.1, 0.15) is 0 Å². The lowest BCUT2D eigenvalue weighted by molar-refractivity contribution is -0.131. The van der Waals surface area contributed by atoms with Gasteiger partial charge in [-0.25, -0.2) is 0 Å². The Kier molecular flexibility index (Phi) is 5.40. The van der Waals surface area contributed by atoms with Crippen molar-refractivity contribution in [1.82, 2.24) is 15.1 Å². The number of amides is 1. The summed E-state index contributed by atoms with van der Waals surface area (Å²) >= 11 is 0. The maximum atomic E-state index is 11.9. The van der Waals surface area contributed by atoms with Crippen LogP contribution in [0.3, 0.4) is 0 Å². The highest BCUT2D eigenvalue weighted by molar-refractivity contribution is 5.76. The molecule has 0 radical (unpaired) electrons. The second kappa shape index (κ2) is 6.36. The third-order valence-electron chi connectivity index (χ3n) is 2.99. The molecular weight excluding hydrogens is 214 g/mol. The summed E-state index contributed by atoms with van der Waals surface area (Å²) in [6.07, 6.45) is 0.645. The van der Waals surface area contributed by atoms with Gasteiger partial charge in [-0.1, -0.05) is 20.8 Å². The Morgan fingerprint density at radius 1 is 1.29 bits per heavy atom. The molecule has 0 spiro atoms. The van der Waals surface area contributed by atoms with Gasteiger partial charge < -0.3 is 15.1 Å². The topological polar surface area (TPSA) is 35.6 Å². The van der Waals surface area contributed by atoms with Gasteiger partial charge in [-0.15, -0.1) is 0 Å². The largest absolute Gasteiger partial charge is 0.345 e. The minimum atomic E-state index is 0.180. The molecule has 0 aromatic heterocycles. The van der Waals surface area contributed by atoms with Crippen molar-refractivity contribution in [3.05, 3.63) is 0 Å². The number of hydrogen-bond donors (Lipinski definition) is 1. The lowest BCUT2D eigenvalue weighted by Gasteiger charge is -2.29. The Balaban J connectivity index is 2.23. The zero-order valence-corrected chi connectivity index (χ0v) is 11.8. The van der Waals surface area contributed by atoms with Crippen molar-refractivity contribution in [2.75, 3.05) is 46.3 Å². The molecule has 1 saturated heterocycles. The van der Waals surface area contributed by atoms with Gasteiger partial charge in [-0.05, 0) is 5.41 Å².